The summed E-state index contributed by atoms with van der Waals surface area (Å²) in [7, 11) is 0. The smallest absolute Gasteiger partial charge is 0.275 e. The van der Waals surface area contributed by atoms with E-state index in [4.69, 9.17) is 11.6 Å². The topological polar surface area (TPSA) is 66.9 Å². The molecule has 0 radical (unpaired) electrons. The molecule has 5 nitrogen and oxygen atoms in total. The van der Waals surface area contributed by atoms with Gasteiger partial charge in [0.25, 0.3) is 5.91 Å². The van der Waals surface area contributed by atoms with Crippen molar-refractivity contribution in [1.82, 2.24) is 9.97 Å². The highest BCUT2D eigenvalue weighted by molar-refractivity contribution is 6.30. The minimum Gasteiger partial charge on any atom is -0.368 e. The van der Waals surface area contributed by atoms with Crippen molar-refractivity contribution in [2.75, 3.05) is 17.2 Å². The molecular weight excluding hydrogens is 360 g/mol. The Hall–Kier alpha value is -2.92. The number of nitrogens with zero attached hydrogens (tertiary/aromatic N) is 2. The van der Waals surface area contributed by atoms with Crippen LogP contribution in [0.15, 0.2) is 60.9 Å². The summed E-state index contributed by atoms with van der Waals surface area (Å²) < 4.78 is 0. The van der Waals surface area contributed by atoms with Crippen LogP contribution in [0.5, 0.6) is 0 Å². The van der Waals surface area contributed by atoms with Gasteiger partial charge < -0.3 is 10.6 Å². The molecule has 3 rings (SSSR count). The van der Waals surface area contributed by atoms with Crippen molar-refractivity contribution in [1.29, 1.82) is 0 Å². The molecule has 2 aromatic carbocycles. The van der Waals surface area contributed by atoms with Crippen molar-refractivity contribution >= 4 is 29.0 Å². The van der Waals surface area contributed by atoms with Crippen LogP contribution in [0.1, 0.15) is 28.5 Å². The minimum absolute atomic E-state index is 0.267. The highest BCUT2D eigenvalue weighted by Crippen LogP contribution is 2.16. The van der Waals surface area contributed by atoms with Crippen LogP contribution in [-0.2, 0) is 12.8 Å². The monoisotopic (exact) mass is 380 g/mol. The average molecular weight is 381 g/mol. The van der Waals surface area contributed by atoms with Gasteiger partial charge in [0.15, 0.2) is 0 Å². The molecule has 138 valence electrons. The number of carbonyl (C=O) groups is 1. The van der Waals surface area contributed by atoms with Crippen LogP contribution in [0.25, 0.3) is 0 Å². The predicted molar refractivity (Wildman–Crippen MR) is 109 cm³/mol. The number of aryl methyl sites for hydroxylation is 1. The lowest BCUT2D eigenvalue weighted by atomic mass is 10.1. The van der Waals surface area contributed by atoms with Crippen molar-refractivity contribution in [2.45, 2.75) is 19.8 Å². The number of amides is 1. The summed E-state index contributed by atoms with van der Waals surface area (Å²) in [4.78, 5) is 20.9. The first-order valence-corrected chi connectivity index (χ1v) is 9.23. The Balaban J connectivity index is 1.54. The number of nitrogens with one attached hydrogen (secondary N) is 2. The molecular formula is C21H21ClN4O. The highest BCUT2D eigenvalue weighted by atomic mass is 35.5. The van der Waals surface area contributed by atoms with Gasteiger partial charge in [-0.15, -0.1) is 0 Å². The van der Waals surface area contributed by atoms with Gasteiger partial charge in [0, 0.05) is 17.3 Å². The summed E-state index contributed by atoms with van der Waals surface area (Å²) in [5.74, 6) is 0.366. The number of carbonyl (C=O) groups excluding carboxylic acids is 1. The van der Waals surface area contributed by atoms with E-state index < -0.39 is 0 Å². The molecule has 6 heteroatoms. The Morgan fingerprint density at radius 2 is 1.81 bits per heavy atom. The normalized spacial score (nSPS) is 10.4. The number of rotatable bonds is 7. The molecule has 0 saturated heterocycles. The molecule has 0 aliphatic carbocycles. The standard InChI is InChI=1S/C21H21ClN4O/c1-2-16-5-3-4-6-18(16)26-21(27)19-13-25-20(14-24-19)23-12-11-15-7-9-17(22)10-8-15/h3-10,13-14H,2,11-12H2,1H3,(H,23,25)(H,26,27). The van der Waals surface area contributed by atoms with Gasteiger partial charge in [-0.1, -0.05) is 48.9 Å². The maximum Gasteiger partial charge on any atom is 0.275 e. The van der Waals surface area contributed by atoms with Gasteiger partial charge in [-0.2, -0.15) is 0 Å². The summed E-state index contributed by atoms with van der Waals surface area (Å²) in [6.45, 7) is 2.76. The van der Waals surface area contributed by atoms with E-state index in [2.05, 4.69) is 27.5 Å². The van der Waals surface area contributed by atoms with Crippen LogP contribution < -0.4 is 10.6 Å². The second-order valence-electron chi connectivity index (χ2n) is 6.05. The van der Waals surface area contributed by atoms with Gasteiger partial charge in [-0.25, -0.2) is 9.97 Å². The van der Waals surface area contributed by atoms with E-state index in [0.717, 1.165) is 29.1 Å². The lowest BCUT2D eigenvalue weighted by molar-refractivity contribution is 0.102. The number of aromatic nitrogens is 2. The number of hydrogen-bond donors (Lipinski definition) is 2. The first kappa shape index (κ1) is 18.9. The molecule has 0 fully saturated rings. The van der Waals surface area contributed by atoms with Gasteiger partial charge in [0.2, 0.25) is 0 Å². The largest absolute Gasteiger partial charge is 0.368 e. The first-order chi connectivity index (χ1) is 13.2. The Morgan fingerprint density at radius 1 is 1.04 bits per heavy atom. The lowest BCUT2D eigenvalue weighted by Gasteiger charge is -2.09. The average Bonchev–Trinajstić information content (AvgIpc) is 2.70. The van der Waals surface area contributed by atoms with E-state index in [1.54, 1.807) is 6.20 Å². The summed E-state index contributed by atoms with van der Waals surface area (Å²) in [5, 5.41) is 6.83. The molecule has 0 atom stereocenters. The van der Waals surface area contributed by atoms with Crippen molar-refractivity contribution in [3.8, 4) is 0 Å². The molecule has 1 aromatic heterocycles. The fourth-order valence-corrected chi connectivity index (χ4v) is 2.79. The molecule has 2 N–H and O–H groups in total. The third-order valence-electron chi connectivity index (χ3n) is 4.16. The number of benzene rings is 2. The van der Waals surface area contributed by atoms with Crippen LogP contribution in [0, 0.1) is 0 Å². The van der Waals surface area contributed by atoms with Crippen LogP contribution >= 0.6 is 11.6 Å². The minimum atomic E-state index is -0.267. The summed E-state index contributed by atoms with van der Waals surface area (Å²) in [5.41, 5.74) is 3.35. The summed E-state index contributed by atoms with van der Waals surface area (Å²) in [6.07, 6.45) is 4.74. The molecule has 0 spiro atoms. The van der Waals surface area contributed by atoms with Crippen molar-refractivity contribution in [3.05, 3.63) is 82.8 Å². The SMILES string of the molecule is CCc1ccccc1NC(=O)c1cnc(NCCc2ccc(Cl)cc2)cn1. The molecule has 0 saturated carbocycles. The fraction of sp³-hybridized carbons (Fsp3) is 0.190. The van der Waals surface area contributed by atoms with Gasteiger partial charge in [0.05, 0.1) is 12.4 Å². The van der Waals surface area contributed by atoms with E-state index >= 15 is 0 Å². The Labute approximate surface area is 163 Å². The lowest BCUT2D eigenvalue weighted by Crippen LogP contribution is -2.16. The third kappa shape index (κ3) is 5.28. The van der Waals surface area contributed by atoms with E-state index in [0.29, 0.717) is 12.4 Å². The molecule has 1 heterocycles. The summed E-state index contributed by atoms with van der Waals surface area (Å²) >= 11 is 5.88. The molecule has 3 aromatic rings. The Morgan fingerprint density at radius 3 is 2.52 bits per heavy atom. The number of halogens is 1. The number of hydrogen-bond acceptors (Lipinski definition) is 4. The Kier molecular flexibility index (Phi) is 6.39. The van der Waals surface area contributed by atoms with Crippen LogP contribution in [-0.4, -0.2) is 22.4 Å². The zero-order valence-electron chi connectivity index (χ0n) is 15.1. The van der Waals surface area contributed by atoms with Crippen LogP contribution in [0.3, 0.4) is 0 Å². The third-order valence-corrected chi connectivity index (χ3v) is 4.42. The van der Waals surface area contributed by atoms with E-state index in [1.165, 1.54) is 11.8 Å². The Bertz CT molecular complexity index is 895. The van der Waals surface area contributed by atoms with Gasteiger partial charge >= 0.3 is 0 Å². The van der Waals surface area contributed by atoms with Gasteiger partial charge in [0.1, 0.15) is 11.5 Å². The van der Waals surface area contributed by atoms with E-state index in [-0.39, 0.29) is 11.6 Å². The molecule has 0 bridgehead atoms. The summed E-state index contributed by atoms with van der Waals surface area (Å²) in [6, 6.07) is 15.5. The maximum absolute atomic E-state index is 12.4. The molecule has 1 amide bonds. The highest BCUT2D eigenvalue weighted by Gasteiger charge is 2.10. The van der Waals surface area contributed by atoms with Gasteiger partial charge in [-0.05, 0) is 42.2 Å². The van der Waals surface area contributed by atoms with Crippen molar-refractivity contribution in [3.63, 3.8) is 0 Å². The fourth-order valence-electron chi connectivity index (χ4n) is 2.66. The van der Waals surface area contributed by atoms with Crippen LogP contribution in [0.4, 0.5) is 11.5 Å². The molecule has 0 aliphatic heterocycles. The van der Waals surface area contributed by atoms with E-state index in [1.807, 2.05) is 48.5 Å². The first-order valence-electron chi connectivity index (χ1n) is 8.85. The zero-order valence-corrected chi connectivity index (χ0v) is 15.8. The number of para-hydroxylation sites is 1. The van der Waals surface area contributed by atoms with Gasteiger partial charge in [-0.3, -0.25) is 4.79 Å². The zero-order chi connectivity index (χ0) is 19.1. The molecule has 0 unspecified atom stereocenters. The van der Waals surface area contributed by atoms with Crippen LogP contribution in [0.2, 0.25) is 5.02 Å². The number of anilines is 2. The van der Waals surface area contributed by atoms with E-state index in [9.17, 15) is 4.79 Å². The second kappa shape index (κ2) is 9.14. The molecule has 0 aliphatic rings. The van der Waals surface area contributed by atoms with Crippen molar-refractivity contribution in [2.24, 2.45) is 0 Å². The second-order valence-corrected chi connectivity index (χ2v) is 6.49. The predicted octanol–water partition coefficient (Wildman–Crippen LogP) is 4.60. The van der Waals surface area contributed by atoms with Crippen molar-refractivity contribution < 1.29 is 4.79 Å². The quantitative estimate of drug-likeness (QED) is 0.628. The molecule has 27 heavy (non-hydrogen) atoms. The maximum atomic E-state index is 12.4.